The Hall–Kier alpha value is -3.33. The molecule has 188 valence electrons. The molecule has 6 nitrogen and oxygen atoms in total. The fraction of sp³-hybridized carbons (Fsp3) is 0.389. The van der Waals surface area contributed by atoms with E-state index in [0.717, 1.165) is 0 Å². The molecule has 0 aliphatic carbocycles. The average Bonchev–Trinajstić information content (AvgIpc) is 3.01. The lowest BCUT2D eigenvalue weighted by molar-refractivity contribution is -0.292. The molecule has 0 saturated heterocycles. The summed E-state index contributed by atoms with van der Waals surface area (Å²) >= 11 is 0. The fourth-order valence-corrected chi connectivity index (χ4v) is 2.78. The van der Waals surface area contributed by atoms with Crippen LogP contribution in [0.15, 0.2) is 12.1 Å². The lowest BCUT2D eigenvalue weighted by Crippen LogP contribution is -2.36. The lowest BCUT2D eigenvalue weighted by Gasteiger charge is -2.19. The highest BCUT2D eigenvalue weighted by molar-refractivity contribution is 6.05. The number of aryl methyl sites for hydroxylation is 1. The molecule has 2 N–H and O–H groups in total. The van der Waals surface area contributed by atoms with Crippen LogP contribution in [0.2, 0.25) is 0 Å². The van der Waals surface area contributed by atoms with Gasteiger partial charge in [0.15, 0.2) is 11.5 Å². The zero-order chi connectivity index (χ0) is 26.4. The Morgan fingerprint density at radius 2 is 1.53 bits per heavy atom. The summed E-state index contributed by atoms with van der Waals surface area (Å²) in [6.07, 6.45) is -12.4. The number of carbonyl (C=O) groups is 2. The van der Waals surface area contributed by atoms with Crippen LogP contribution in [0, 0.1) is 11.6 Å². The second kappa shape index (κ2) is 8.79. The first kappa shape index (κ1) is 26.9. The summed E-state index contributed by atoms with van der Waals surface area (Å²) in [6, 6.07) is 0.385. The Bertz CT molecular complexity index is 1120. The van der Waals surface area contributed by atoms with Crippen LogP contribution in [0.5, 0.6) is 0 Å². The van der Waals surface area contributed by atoms with E-state index in [2.05, 4.69) is 10.4 Å². The first-order valence-corrected chi connectivity index (χ1v) is 9.00. The third kappa shape index (κ3) is 4.94. The van der Waals surface area contributed by atoms with E-state index in [1.165, 1.54) is 19.2 Å². The van der Waals surface area contributed by atoms with E-state index in [9.17, 15) is 53.5 Å². The van der Waals surface area contributed by atoms with Crippen molar-refractivity contribution in [3.05, 3.63) is 46.3 Å². The normalized spacial score (nSPS) is 12.8. The highest BCUT2D eigenvalue weighted by Gasteiger charge is 2.64. The summed E-state index contributed by atoms with van der Waals surface area (Å²) in [4.78, 5) is 24.4. The lowest BCUT2D eigenvalue weighted by atomic mass is 10.1. The summed E-state index contributed by atoms with van der Waals surface area (Å²) in [5.74, 6) is -12.5. The van der Waals surface area contributed by atoms with Gasteiger partial charge < -0.3 is 10.6 Å². The molecule has 0 saturated carbocycles. The van der Waals surface area contributed by atoms with Crippen LogP contribution in [0.1, 0.15) is 46.0 Å². The summed E-state index contributed by atoms with van der Waals surface area (Å²) in [5, 5.41) is 6.19. The number of benzene rings is 1. The van der Waals surface area contributed by atoms with E-state index in [4.69, 9.17) is 0 Å². The molecule has 0 aliphatic rings. The topological polar surface area (TPSA) is 76.0 Å². The first-order chi connectivity index (χ1) is 15.3. The number of aromatic nitrogens is 2. The molecule has 1 aromatic carbocycles. The van der Waals surface area contributed by atoms with Gasteiger partial charge in [0.1, 0.15) is 22.6 Å². The first-order valence-electron chi connectivity index (χ1n) is 9.00. The number of alkyl halides is 8. The van der Waals surface area contributed by atoms with Gasteiger partial charge in [-0.05, 0) is 26.0 Å². The molecule has 0 spiro atoms. The van der Waals surface area contributed by atoms with E-state index in [0.29, 0.717) is 19.2 Å². The molecule has 16 heteroatoms. The van der Waals surface area contributed by atoms with Crippen molar-refractivity contribution in [1.82, 2.24) is 15.1 Å². The maximum absolute atomic E-state index is 14.7. The van der Waals surface area contributed by atoms with Crippen LogP contribution in [-0.4, -0.2) is 33.8 Å². The molecule has 34 heavy (non-hydrogen) atoms. The Kier molecular flexibility index (Phi) is 6.96. The second-order valence-corrected chi connectivity index (χ2v) is 7.13. The monoisotopic (exact) mass is 508 g/mol. The van der Waals surface area contributed by atoms with Gasteiger partial charge in [0, 0.05) is 13.1 Å². The zero-order valence-electron chi connectivity index (χ0n) is 17.2. The zero-order valence-corrected chi connectivity index (χ0v) is 17.2. The molecule has 2 aromatic rings. The number of rotatable bonds is 5. The summed E-state index contributed by atoms with van der Waals surface area (Å²) in [7, 11) is 0.475. The SMILES string of the molecule is CC(C)NC(=O)c1c(F)ccc(NC(=O)c2c(C(F)(F)F)c(C(F)(F)C(F)(F)F)nn2C)c1F. The minimum Gasteiger partial charge on any atom is -0.350 e. The van der Waals surface area contributed by atoms with E-state index in [1.807, 2.05) is 0 Å². The van der Waals surface area contributed by atoms with Gasteiger partial charge in [0.2, 0.25) is 0 Å². The molecular formula is C18H14F10N4O2. The molecule has 1 heterocycles. The molecule has 0 unspecified atom stereocenters. The Balaban J connectivity index is 2.62. The van der Waals surface area contributed by atoms with E-state index in [-0.39, 0.29) is 4.68 Å². The molecule has 0 aliphatic heterocycles. The number of halogens is 10. The van der Waals surface area contributed by atoms with Crippen LogP contribution < -0.4 is 10.6 Å². The van der Waals surface area contributed by atoms with Crippen LogP contribution in [0.25, 0.3) is 0 Å². The summed E-state index contributed by atoms with van der Waals surface area (Å²) in [6.45, 7) is 2.88. The van der Waals surface area contributed by atoms with Crippen LogP contribution in [-0.2, 0) is 19.1 Å². The maximum Gasteiger partial charge on any atom is 0.459 e. The van der Waals surface area contributed by atoms with Gasteiger partial charge in [-0.1, -0.05) is 0 Å². The second-order valence-electron chi connectivity index (χ2n) is 7.13. The van der Waals surface area contributed by atoms with E-state index < -0.39 is 76.0 Å². The van der Waals surface area contributed by atoms with Crippen molar-refractivity contribution in [2.75, 3.05) is 5.32 Å². The van der Waals surface area contributed by atoms with Gasteiger partial charge >= 0.3 is 18.3 Å². The maximum atomic E-state index is 14.7. The number of nitrogens with one attached hydrogen (secondary N) is 2. The Morgan fingerprint density at radius 3 is 2.00 bits per heavy atom. The number of carbonyl (C=O) groups excluding carboxylic acids is 2. The molecular weight excluding hydrogens is 494 g/mol. The van der Waals surface area contributed by atoms with E-state index in [1.54, 1.807) is 0 Å². The van der Waals surface area contributed by atoms with Crippen LogP contribution >= 0.6 is 0 Å². The van der Waals surface area contributed by atoms with E-state index >= 15 is 0 Å². The molecule has 2 amide bonds. The molecule has 0 atom stereocenters. The van der Waals surface area contributed by atoms with Gasteiger partial charge in [0.25, 0.3) is 11.8 Å². The number of amides is 2. The number of hydrogen-bond acceptors (Lipinski definition) is 3. The number of anilines is 1. The number of nitrogens with zero attached hydrogens (tertiary/aromatic N) is 2. The standard InChI is InChI=1S/C18H14F10N4O2/c1-6(2)29-14(33)9-7(19)4-5-8(11(9)20)30-15(34)12-10(17(23,24)25)13(31-32(12)3)16(21,22)18(26,27)28/h4-6H,1-3H3,(H,29,33)(H,30,34). The van der Waals surface area contributed by atoms with Crippen molar-refractivity contribution >= 4 is 17.5 Å². The quantitative estimate of drug-likeness (QED) is 0.572. The predicted octanol–water partition coefficient (Wildman–Crippen LogP) is 4.76. The van der Waals surface area contributed by atoms with Gasteiger partial charge in [-0.3, -0.25) is 14.3 Å². The van der Waals surface area contributed by atoms with Crippen LogP contribution in [0.4, 0.5) is 49.6 Å². The van der Waals surface area contributed by atoms with Crippen molar-refractivity contribution in [3.8, 4) is 0 Å². The smallest absolute Gasteiger partial charge is 0.350 e. The van der Waals surface area contributed by atoms with Gasteiger partial charge in [0.05, 0.1) is 5.69 Å². The highest BCUT2D eigenvalue weighted by atomic mass is 19.4. The predicted molar refractivity (Wildman–Crippen MR) is 95.1 cm³/mol. The van der Waals surface area contributed by atoms with Crippen molar-refractivity contribution in [2.24, 2.45) is 7.05 Å². The average molecular weight is 508 g/mol. The third-order valence-corrected chi connectivity index (χ3v) is 4.19. The largest absolute Gasteiger partial charge is 0.459 e. The Morgan fingerprint density at radius 1 is 0.971 bits per heavy atom. The molecule has 0 bridgehead atoms. The number of hydrogen-bond donors (Lipinski definition) is 2. The molecule has 1 aromatic heterocycles. The van der Waals surface area contributed by atoms with Crippen LogP contribution in [0.3, 0.4) is 0 Å². The van der Waals surface area contributed by atoms with Gasteiger partial charge in [-0.25, -0.2) is 8.78 Å². The van der Waals surface area contributed by atoms with Crippen molar-refractivity contribution < 1.29 is 53.5 Å². The van der Waals surface area contributed by atoms with Gasteiger partial charge in [-0.15, -0.1) is 0 Å². The fourth-order valence-electron chi connectivity index (χ4n) is 2.78. The van der Waals surface area contributed by atoms with Crippen molar-refractivity contribution in [2.45, 2.75) is 38.2 Å². The third-order valence-electron chi connectivity index (χ3n) is 4.19. The summed E-state index contributed by atoms with van der Waals surface area (Å²) in [5.41, 5.74) is -9.61. The molecule has 0 fully saturated rings. The highest BCUT2D eigenvalue weighted by Crippen LogP contribution is 2.48. The molecule has 2 rings (SSSR count). The van der Waals surface area contributed by atoms with Crippen molar-refractivity contribution in [1.29, 1.82) is 0 Å². The minimum atomic E-state index is -6.49. The van der Waals surface area contributed by atoms with Crippen molar-refractivity contribution in [3.63, 3.8) is 0 Å². The minimum absolute atomic E-state index is 0.194. The van der Waals surface area contributed by atoms with Gasteiger partial charge in [-0.2, -0.15) is 40.2 Å². The summed E-state index contributed by atoms with van der Waals surface area (Å²) < 4.78 is 134. The Labute approximate surface area is 183 Å². The molecule has 0 radical (unpaired) electrons.